The Morgan fingerprint density at radius 1 is 1.58 bits per heavy atom. The third-order valence-electron chi connectivity index (χ3n) is 3.65. The number of amides is 1. The first kappa shape index (κ1) is 14.3. The lowest BCUT2D eigenvalue weighted by molar-refractivity contribution is -0.139. The van der Waals surface area contributed by atoms with Gasteiger partial charge < -0.3 is 10.2 Å². The summed E-state index contributed by atoms with van der Waals surface area (Å²) in [6, 6.07) is 4.25. The normalized spacial score (nSPS) is 22.5. The van der Waals surface area contributed by atoms with Gasteiger partial charge in [0, 0.05) is 25.2 Å². The first-order valence-electron chi connectivity index (χ1n) is 6.32. The maximum absolute atomic E-state index is 13.0. The highest BCUT2D eigenvalue weighted by atomic mass is 35.5. The molecule has 1 heterocycles. The monoisotopic (exact) mass is 284 g/mol. The summed E-state index contributed by atoms with van der Waals surface area (Å²) in [6.07, 6.45) is 0.841. The number of hydrogen-bond acceptors (Lipinski definition) is 2. The maximum atomic E-state index is 13.0. The molecule has 0 unspecified atom stereocenters. The van der Waals surface area contributed by atoms with Gasteiger partial charge in [-0.2, -0.15) is 0 Å². The molecule has 1 aromatic rings. The van der Waals surface area contributed by atoms with Crippen LogP contribution in [0, 0.1) is 11.2 Å². The Bertz CT molecular complexity index is 486. The molecule has 0 aromatic heterocycles. The van der Waals surface area contributed by atoms with E-state index in [4.69, 9.17) is 11.6 Å². The van der Waals surface area contributed by atoms with E-state index in [1.165, 1.54) is 12.1 Å². The van der Waals surface area contributed by atoms with Crippen LogP contribution in [0.25, 0.3) is 0 Å². The lowest BCUT2D eigenvalue weighted by Gasteiger charge is -2.28. The fourth-order valence-electron chi connectivity index (χ4n) is 2.44. The molecule has 1 N–H and O–H groups in total. The fourth-order valence-corrected chi connectivity index (χ4v) is 2.66. The highest BCUT2D eigenvalue weighted by Gasteiger charge is 2.38. The predicted octanol–water partition coefficient (Wildman–Crippen LogP) is 2.44. The first-order valence-corrected chi connectivity index (χ1v) is 6.70. The molecule has 3 nitrogen and oxygen atoms in total. The van der Waals surface area contributed by atoms with Crippen LogP contribution in [0.1, 0.15) is 18.9 Å². The van der Waals surface area contributed by atoms with E-state index >= 15 is 0 Å². The highest BCUT2D eigenvalue weighted by molar-refractivity contribution is 6.31. The van der Waals surface area contributed by atoms with Crippen LogP contribution in [-0.4, -0.2) is 30.9 Å². The molecule has 0 aliphatic carbocycles. The number of hydrogen-bond donors (Lipinski definition) is 1. The van der Waals surface area contributed by atoms with Gasteiger partial charge in [0.15, 0.2) is 0 Å². The van der Waals surface area contributed by atoms with E-state index in [2.05, 4.69) is 5.32 Å². The average Bonchev–Trinajstić information content (AvgIpc) is 2.80. The van der Waals surface area contributed by atoms with Crippen LogP contribution < -0.4 is 5.32 Å². The Morgan fingerprint density at radius 3 is 2.89 bits per heavy atom. The summed E-state index contributed by atoms with van der Waals surface area (Å²) in [4.78, 5) is 14.1. The van der Waals surface area contributed by atoms with E-state index in [9.17, 15) is 9.18 Å². The zero-order valence-electron chi connectivity index (χ0n) is 11.2. The Balaban J connectivity index is 2.08. The molecular weight excluding hydrogens is 267 g/mol. The molecular formula is C14H18ClFN2O. The quantitative estimate of drug-likeness (QED) is 0.925. The third kappa shape index (κ3) is 3.07. The SMILES string of the molecule is CN(Cc1ccc(F)cc1Cl)C(=O)[C@@]1(C)CCNC1. The molecule has 104 valence electrons. The Hall–Kier alpha value is -1.13. The fraction of sp³-hybridized carbons (Fsp3) is 0.500. The molecule has 0 radical (unpaired) electrons. The number of halogens is 2. The largest absolute Gasteiger partial charge is 0.341 e. The lowest BCUT2D eigenvalue weighted by atomic mass is 9.88. The number of carbonyl (C=O) groups is 1. The van der Waals surface area contributed by atoms with Crippen LogP contribution in [0.5, 0.6) is 0 Å². The summed E-state index contributed by atoms with van der Waals surface area (Å²) in [7, 11) is 1.76. The second kappa shape index (κ2) is 5.47. The molecule has 1 saturated heterocycles. The summed E-state index contributed by atoms with van der Waals surface area (Å²) in [5.41, 5.74) is 0.412. The highest BCUT2D eigenvalue weighted by Crippen LogP contribution is 2.28. The van der Waals surface area contributed by atoms with Crippen molar-refractivity contribution in [2.75, 3.05) is 20.1 Å². The van der Waals surface area contributed by atoms with E-state index in [0.717, 1.165) is 18.5 Å². The van der Waals surface area contributed by atoms with Gasteiger partial charge in [-0.05, 0) is 37.6 Å². The molecule has 1 aromatic carbocycles. The van der Waals surface area contributed by atoms with E-state index in [1.807, 2.05) is 6.92 Å². The molecule has 2 rings (SSSR count). The molecule has 0 bridgehead atoms. The van der Waals surface area contributed by atoms with Crippen molar-refractivity contribution in [2.24, 2.45) is 5.41 Å². The van der Waals surface area contributed by atoms with Crippen molar-refractivity contribution in [3.05, 3.63) is 34.6 Å². The minimum atomic E-state index is -0.366. The minimum Gasteiger partial charge on any atom is -0.341 e. The topological polar surface area (TPSA) is 32.3 Å². The first-order chi connectivity index (χ1) is 8.92. The van der Waals surface area contributed by atoms with Gasteiger partial charge in [-0.15, -0.1) is 0 Å². The van der Waals surface area contributed by atoms with Gasteiger partial charge in [-0.3, -0.25) is 4.79 Å². The third-order valence-corrected chi connectivity index (χ3v) is 4.01. The van der Waals surface area contributed by atoms with Crippen molar-refractivity contribution >= 4 is 17.5 Å². The van der Waals surface area contributed by atoms with Crippen molar-refractivity contribution in [2.45, 2.75) is 19.9 Å². The Morgan fingerprint density at radius 2 is 2.32 bits per heavy atom. The molecule has 5 heteroatoms. The smallest absolute Gasteiger partial charge is 0.229 e. The molecule has 1 amide bonds. The van der Waals surface area contributed by atoms with Crippen LogP contribution in [0.3, 0.4) is 0 Å². The zero-order chi connectivity index (χ0) is 14.0. The van der Waals surface area contributed by atoms with Crippen LogP contribution in [0.4, 0.5) is 4.39 Å². The van der Waals surface area contributed by atoms with Crippen molar-refractivity contribution in [1.29, 1.82) is 0 Å². The van der Waals surface area contributed by atoms with E-state index < -0.39 is 0 Å². The van der Waals surface area contributed by atoms with Crippen molar-refractivity contribution in [1.82, 2.24) is 10.2 Å². The van der Waals surface area contributed by atoms with Gasteiger partial charge in [0.05, 0.1) is 5.41 Å². The van der Waals surface area contributed by atoms with Crippen LogP contribution in [-0.2, 0) is 11.3 Å². The summed E-state index contributed by atoms with van der Waals surface area (Å²) in [5.74, 6) is -0.271. The zero-order valence-corrected chi connectivity index (χ0v) is 11.9. The van der Waals surface area contributed by atoms with Gasteiger partial charge >= 0.3 is 0 Å². The summed E-state index contributed by atoms with van der Waals surface area (Å²) >= 11 is 5.98. The van der Waals surface area contributed by atoms with Crippen molar-refractivity contribution in [3.8, 4) is 0 Å². The Labute approximate surface area is 117 Å². The number of benzene rings is 1. The van der Waals surface area contributed by atoms with Crippen molar-refractivity contribution in [3.63, 3.8) is 0 Å². The molecule has 0 spiro atoms. The van der Waals surface area contributed by atoms with Gasteiger partial charge in [0.25, 0.3) is 0 Å². The molecule has 0 saturated carbocycles. The number of nitrogens with zero attached hydrogens (tertiary/aromatic N) is 1. The van der Waals surface area contributed by atoms with E-state index in [0.29, 0.717) is 18.1 Å². The second-order valence-electron chi connectivity index (χ2n) is 5.38. The van der Waals surface area contributed by atoms with Gasteiger partial charge in [-0.1, -0.05) is 17.7 Å². The molecule has 1 aliphatic heterocycles. The second-order valence-corrected chi connectivity index (χ2v) is 5.79. The summed E-state index contributed by atoms with van der Waals surface area (Å²) in [5, 5.41) is 3.56. The summed E-state index contributed by atoms with van der Waals surface area (Å²) in [6.45, 7) is 3.94. The van der Waals surface area contributed by atoms with Crippen LogP contribution in [0.2, 0.25) is 5.02 Å². The molecule has 1 fully saturated rings. The number of carbonyl (C=O) groups excluding carboxylic acids is 1. The number of nitrogens with one attached hydrogen (secondary N) is 1. The molecule has 1 aliphatic rings. The van der Waals surface area contributed by atoms with E-state index in [1.54, 1.807) is 18.0 Å². The Kier molecular flexibility index (Phi) is 4.11. The average molecular weight is 285 g/mol. The van der Waals surface area contributed by atoms with Crippen molar-refractivity contribution < 1.29 is 9.18 Å². The van der Waals surface area contributed by atoms with Gasteiger partial charge in [0.2, 0.25) is 5.91 Å². The van der Waals surface area contributed by atoms with Gasteiger partial charge in [-0.25, -0.2) is 4.39 Å². The standard InChI is InChI=1S/C14H18ClFN2O/c1-14(5-6-17-9-14)13(19)18(2)8-10-3-4-11(16)7-12(10)15/h3-4,7,17H,5-6,8-9H2,1-2H3/t14-/m0/s1. The van der Waals surface area contributed by atoms with Crippen LogP contribution >= 0.6 is 11.6 Å². The maximum Gasteiger partial charge on any atom is 0.229 e. The minimum absolute atomic E-state index is 0.0953. The molecule has 1 atom stereocenters. The van der Waals surface area contributed by atoms with Gasteiger partial charge in [0.1, 0.15) is 5.82 Å². The van der Waals surface area contributed by atoms with E-state index in [-0.39, 0.29) is 17.1 Å². The predicted molar refractivity (Wildman–Crippen MR) is 73.5 cm³/mol. The lowest BCUT2D eigenvalue weighted by Crippen LogP contribution is -2.41. The molecule has 19 heavy (non-hydrogen) atoms. The summed E-state index contributed by atoms with van der Waals surface area (Å²) < 4.78 is 13.0. The van der Waals surface area contributed by atoms with Crippen LogP contribution in [0.15, 0.2) is 18.2 Å². The number of rotatable bonds is 3.